The Balaban J connectivity index is 4.85. The fourth-order valence-corrected chi connectivity index (χ4v) is 0.816. The predicted molar refractivity (Wildman–Crippen MR) is 39.6 cm³/mol. The minimum Gasteiger partial charge on any atom is -0.200 e. The molecule has 0 aromatic rings. The molecule has 0 aliphatic heterocycles. The predicted octanol–water partition coefficient (Wildman–Crippen LogP) is 3.71. The topological polar surface area (TPSA) is 0 Å². The van der Waals surface area contributed by atoms with Gasteiger partial charge in [0, 0.05) is 12.3 Å². The highest BCUT2D eigenvalue weighted by molar-refractivity contribution is 4.92. The lowest BCUT2D eigenvalue weighted by atomic mass is 9.80. The molecule has 0 aromatic heterocycles. The van der Waals surface area contributed by atoms with Crippen LogP contribution in [0.1, 0.15) is 34.1 Å². The van der Waals surface area contributed by atoms with Gasteiger partial charge in [-0.3, -0.25) is 0 Å². The van der Waals surface area contributed by atoms with Crippen molar-refractivity contribution in [1.82, 2.24) is 0 Å². The van der Waals surface area contributed by atoms with Gasteiger partial charge in [0.1, 0.15) is 0 Å². The Morgan fingerprint density at radius 3 is 1.33 bits per heavy atom. The normalized spacial score (nSPS) is 15.0. The van der Waals surface area contributed by atoms with Gasteiger partial charge in [-0.15, -0.1) is 0 Å². The van der Waals surface area contributed by atoms with Crippen molar-refractivity contribution in [2.45, 2.75) is 46.0 Å². The van der Waals surface area contributed by atoms with Crippen LogP contribution in [-0.2, 0) is 0 Å². The van der Waals surface area contributed by atoms with Gasteiger partial charge in [0.2, 0.25) is 0 Å². The lowest BCUT2D eigenvalue weighted by Crippen LogP contribution is -2.49. The maximum atomic E-state index is 13.0. The first-order valence-corrected chi connectivity index (χ1v) is 3.82. The van der Waals surface area contributed by atoms with E-state index >= 15 is 0 Å². The average Bonchev–Trinajstić information content (AvgIpc) is 1.85. The molecule has 0 heterocycles. The molecule has 12 heavy (non-hydrogen) atoms. The van der Waals surface area contributed by atoms with E-state index in [0.29, 0.717) is 0 Å². The Hall–Kier alpha value is -0.280. The molecule has 0 spiro atoms. The van der Waals surface area contributed by atoms with Crippen molar-refractivity contribution < 1.29 is 17.6 Å². The third-order valence-corrected chi connectivity index (χ3v) is 2.29. The molecule has 0 aromatic carbocycles. The minimum atomic E-state index is -3.95. The first-order chi connectivity index (χ1) is 5.06. The van der Waals surface area contributed by atoms with Crippen LogP contribution in [0.4, 0.5) is 17.6 Å². The Morgan fingerprint density at radius 1 is 0.917 bits per heavy atom. The maximum Gasteiger partial charge on any atom is 0.314 e. The second-order valence-electron chi connectivity index (χ2n) is 3.70. The summed E-state index contributed by atoms with van der Waals surface area (Å²) < 4.78 is 50.8. The number of alkyl halides is 4. The maximum absolute atomic E-state index is 13.0. The van der Waals surface area contributed by atoms with Crippen LogP contribution in [0.25, 0.3) is 0 Å². The van der Waals surface area contributed by atoms with Crippen molar-refractivity contribution in [3.8, 4) is 0 Å². The van der Waals surface area contributed by atoms with Crippen LogP contribution >= 0.6 is 0 Å². The van der Waals surface area contributed by atoms with Crippen LogP contribution in [0.15, 0.2) is 0 Å². The molecule has 0 fully saturated rings. The molecule has 0 rings (SSSR count). The van der Waals surface area contributed by atoms with E-state index in [1.54, 1.807) is 0 Å². The van der Waals surface area contributed by atoms with Crippen LogP contribution in [0.2, 0.25) is 0 Å². The molecule has 0 atom stereocenters. The fourth-order valence-electron chi connectivity index (χ4n) is 0.816. The van der Waals surface area contributed by atoms with Gasteiger partial charge in [0.25, 0.3) is 0 Å². The first-order valence-electron chi connectivity index (χ1n) is 3.82. The van der Waals surface area contributed by atoms with Gasteiger partial charge in [-0.25, -0.2) is 8.78 Å². The summed E-state index contributed by atoms with van der Waals surface area (Å²) in [4.78, 5) is 0. The molecule has 0 unspecified atom stereocenters. The molecular weight excluding hydrogens is 172 g/mol. The summed E-state index contributed by atoms with van der Waals surface area (Å²) in [5.74, 6) is -7.90. The van der Waals surface area contributed by atoms with Gasteiger partial charge >= 0.3 is 11.8 Å². The Kier molecular flexibility index (Phi) is 2.82. The molecule has 0 amide bonds. The van der Waals surface area contributed by atoms with E-state index in [0.717, 1.165) is 13.8 Å². The first kappa shape index (κ1) is 11.7. The van der Waals surface area contributed by atoms with E-state index in [-0.39, 0.29) is 13.3 Å². The van der Waals surface area contributed by atoms with Crippen molar-refractivity contribution in [2.75, 3.05) is 0 Å². The zero-order chi connectivity index (χ0) is 10.2. The van der Waals surface area contributed by atoms with Crippen molar-refractivity contribution >= 4 is 0 Å². The van der Waals surface area contributed by atoms with Crippen LogP contribution in [0.5, 0.6) is 0 Å². The van der Waals surface area contributed by atoms with Gasteiger partial charge in [-0.05, 0) is 6.42 Å². The van der Waals surface area contributed by atoms with Crippen LogP contribution < -0.4 is 0 Å². The van der Waals surface area contributed by atoms with Crippen LogP contribution in [0, 0.1) is 5.41 Å². The fraction of sp³-hybridized carbons (Fsp3) is 1.00. The van der Waals surface area contributed by atoms with Gasteiger partial charge in [-0.2, -0.15) is 8.78 Å². The van der Waals surface area contributed by atoms with E-state index in [1.807, 2.05) is 0 Å². The van der Waals surface area contributed by atoms with Crippen molar-refractivity contribution in [1.29, 1.82) is 0 Å². The molecule has 0 N–H and O–H groups in total. The number of halogens is 4. The quantitative estimate of drug-likeness (QED) is 0.589. The van der Waals surface area contributed by atoms with Crippen molar-refractivity contribution in [3.63, 3.8) is 0 Å². The van der Waals surface area contributed by atoms with Crippen molar-refractivity contribution in [3.05, 3.63) is 0 Å². The highest BCUT2D eigenvalue weighted by atomic mass is 19.3. The monoisotopic (exact) mass is 186 g/mol. The molecule has 4 heteroatoms. The number of hydrogen-bond acceptors (Lipinski definition) is 0. The summed E-state index contributed by atoms with van der Waals surface area (Å²) in [6.45, 7) is 4.01. The van der Waals surface area contributed by atoms with Gasteiger partial charge < -0.3 is 0 Å². The lowest BCUT2D eigenvalue weighted by Gasteiger charge is -2.36. The zero-order valence-corrected chi connectivity index (χ0v) is 7.72. The Bertz CT molecular complexity index is 155. The second-order valence-corrected chi connectivity index (χ2v) is 3.70. The molecule has 0 saturated carbocycles. The molecule has 0 bridgehead atoms. The highest BCUT2D eigenvalue weighted by Crippen LogP contribution is 2.48. The largest absolute Gasteiger partial charge is 0.314 e. The second kappa shape index (κ2) is 2.89. The molecule has 0 saturated heterocycles. The minimum absolute atomic E-state index is 0.0173. The third-order valence-electron chi connectivity index (χ3n) is 2.29. The zero-order valence-electron chi connectivity index (χ0n) is 7.72. The Labute approximate surface area is 70.0 Å². The van der Waals surface area contributed by atoms with Gasteiger partial charge in [0.05, 0.1) is 0 Å². The van der Waals surface area contributed by atoms with Crippen molar-refractivity contribution in [2.24, 2.45) is 5.41 Å². The summed E-state index contributed by atoms with van der Waals surface area (Å²) in [6, 6.07) is 0. The average molecular weight is 186 g/mol. The summed E-state index contributed by atoms with van der Waals surface area (Å²) in [5, 5.41) is 0. The lowest BCUT2D eigenvalue weighted by molar-refractivity contribution is -0.252. The Morgan fingerprint density at radius 2 is 1.25 bits per heavy atom. The van der Waals surface area contributed by atoms with E-state index in [1.165, 1.54) is 6.92 Å². The van der Waals surface area contributed by atoms with Gasteiger partial charge in [-0.1, -0.05) is 20.8 Å². The molecule has 0 aliphatic carbocycles. The smallest absolute Gasteiger partial charge is 0.200 e. The highest BCUT2D eigenvalue weighted by Gasteiger charge is 2.60. The standard InChI is InChI=1S/C8H14F4/c1-5-6(2,3)8(11,12)7(4,9)10/h5H2,1-4H3. The van der Waals surface area contributed by atoms with Gasteiger partial charge in [0.15, 0.2) is 0 Å². The van der Waals surface area contributed by atoms with E-state index in [4.69, 9.17) is 0 Å². The van der Waals surface area contributed by atoms with E-state index < -0.39 is 17.3 Å². The summed E-state index contributed by atoms with van der Waals surface area (Å²) >= 11 is 0. The van der Waals surface area contributed by atoms with E-state index in [9.17, 15) is 17.6 Å². The number of rotatable bonds is 3. The molecule has 0 aliphatic rings. The van der Waals surface area contributed by atoms with Crippen LogP contribution in [-0.4, -0.2) is 11.8 Å². The molecular formula is C8H14F4. The molecule has 0 radical (unpaired) electrons. The summed E-state index contributed by atoms with van der Waals surface area (Å²) in [5.41, 5.74) is -1.66. The summed E-state index contributed by atoms with van der Waals surface area (Å²) in [7, 11) is 0. The summed E-state index contributed by atoms with van der Waals surface area (Å²) in [6.07, 6.45) is 0.0173. The molecule has 0 nitrogen and oxygen atoms in total. The number of hydrogen-bond donors (Lipinski definition) is 0. The SMILES string of the molecule is CCC(C)(C)C(F)(F)C(C)(F)F. The molecule has 74 valence electrons. The van der Waals surface area contributed by atoms with Crippen LogP contribution in [0.3, 0.4) is 0 Å². The third kappa shape index (κ3) is 1.72. The van der Waals surface area contributed by atoms with E-state index in [2.05, 4.69) is 0 Å².